The lowest BCUT2D eigenvalue weighted by Crippen LogP contribution is -2.34. The van der Waals surface area contributed by atoms with E-state index >= 15 is 0 Å². The molecule has 2 N–H and O–H groups in total. The van der Waals surface area contributed by atoms with Gasteiger partial charge in [0.1, 0.15) is 0 Å². The van der Waals surface area contributed by atoms with E-state index < -0.39 is 6.10 Å². The zero-order valence-electron chi connectivity index (χ0n) is 12.3. The van der Waals surface area contributed by atoms with Crippen LogP contribution in [0.1, 0.15) is 40.1 Å². The maximum Gasteiger partial charge on any atom is 0.253 e. The average Bonchev–Trinajstić information content (AvgIpc) is 3.00. The second kappa shape index (κ2) is 5.37. The van der Waals surface area contributed by atoms with Gasteiger partial charge in [0, 0.05) is 25.4 Å². The van der Waals surface area contributed by atoms with Gasteiger partial charge >= 0.3 is 0 Å². The minimum atomic E-state index is -0.555. The topological polar surface area (TPSA) is 54.3 Å². The lowest BCUT2D eigenvalue weighted by Gasteiger charge is -2.18. The highest BCUT2D eigenvalue weighted by atomic mass is 16.3. The fraction of sp³-hybridized carbons (Fsp3) is 0.353. The molecule has 0 unspecified atom stereocenters. The Morgan fingerprint density at radius 3 is 2.90 bits per heavy atom. The zero-order chi connectivity index (χ0) is 15.0. The summed E-state index contributed by atoms with van der Waals surface area (Å²) in [6.07, 6.45) is 2.74. The van der Waals surface area contributed by atoms with Crippen LogP contribution in [0.5, 0.6) is 0 Å². The summed E-state index contributed by atoms with van der Waals surface area (Å²) >= 11 is 0. The maximum absolute atomic E-state index is 12.5. The van der Waals surface area contributed by atoms with Crippen molar-refractivity contribution in [3.05, 3.63) is 58.9 Å². The molecule has 0 radical (unpaired) electrons. The molecule has 0 spiro atoms. The number of aryl methyl sites for hydroxylation is 1. The third kappa shape index (κ3) is 2.36. The molecular weight excluding hydrogens is 264 g/mol. The summed E-state index contributed by atoms with van der Waals surface area (Å²) in [7, 11) is 1.94. The van der Waals surface area contributed by atoms with E-state index in [2.05, 4.69) is 5.32 Å². The number of hydrogen-bond acceptors (Lipinski definition) is 2. The fourth-order valence-electron chi connectivity index (χ4n) is 3.18. The number of aliphatic hydroxyl groups is 1. The molecule has 1 aliphatic carbocycles. The van der Waals surface area contributed by atoms with Crippen molar-refractivity contribution >= 4 is 5.91 Å². The molecule has 1 aromatic carbocycles. The van der Waals surface area contributed by atoms with Gasteiger partial charge in [0.25, 0.3) is 5.91 Å². The smallest absolute Gasteiger partial charge is 0.253 e. The Balaban J connectivity index is 1.85. The van der Waals surface area contributed by atoms with E-state index in [0.717, 1.165) is 23.2 Å². The van der Waals surface area contributed by atoms with Crippen LogP contribution in [0.25, 0.3) is 0 Å². The Kier molecular flexibility index (Phi) is 3.55. The third-order valence-corrected chi connectivity index (χ3v) is 4.27. The van der Waals surface area contributed by atoms with Crippen molar-refractivity contribution in [3.8, 4) is 0 Å². The minimum absolute atomic E-state index is 0.117. The Morgan fingerprint density at radius 1 is 1.38 bits per heavy atom. The van der Waals surface area contributed by atoms with Gasteiger partial charge in [-0.1, -0.05) is 31.2 Å². The van der Waals surface area contributed by atoms with Gasteiger partial charge in [-0.3, -0.25) is 4.79 Å². The zero-order valence-corrected chi connectivity index (χ0v) is 12.3. The van der Waals surface area contributed by atoms with Crippen LogP contribution in [0.3, 0.4) is 0 Å². The first-order chi connectivity index (χ1) is 10.1. The summed E-state index contributed by atoms with van der Waals surface area (Å²) in [5.74, 6) is -0.117. The number of fused-ring (bicyclic) bond motifs is 1. The monoisotopic (exact) mass is 284 g/mol. The lowest BCUT2D eigenvalue weighted by molar-refractivity contribution is 0.0857. The predicted molar refractivity (Wildman–Crippen MR) is 81.2 cm³/mol. The molecule has 1 amide bonds. The van der Waals surface area contributed by atoms with Gasteiger partial charge in [0.15, 0.2) is 0 Å². The number of hydrogen-bond donors (Lipinski definition) is 2. The van der Waals surface area contributed by atoms with Crippen molar-refractivity contribution < 1.29 is 9.90 Å². The lowest BCUT2D eigenvalue weighted by atomic mass is 10.1. The van der Waals surface area contributed by atoms with Gasteiger partial charge in [-0.15, -0.1) is 0 Å². The highest BCUT2D eigenvalue weighted by Gasteiger charge is 2.32. The van der Waals surface area contributed by atoms with E-state index in [-0.39, 0.29) is 11.9 Å². The number of carbonyl (C=O) groups excluding carboxylic acids is 1. The highest BCUT2D eigenvalue weighted by Crippen LogP contribution is 2.31. The molecule has 2 atom stereocenters. The van der Waals surface area contributed by atoms with Gasteiger partial charge in [-0.25, -0.2) is 0 Å². The molecule has 0 aliphatic heterocycles. The first-order valence-electron chi connectivity index (χ1n) is 7.32. The number of amides is 1. The summed E-state index contributed by atoms with van der Waals surface area (Å²) in [5, 5.41) is 13.2. The first-order valence-corrected chi connectivity index (χ1v) is 7.32. The van der Waals surface area contributed by atoms with Gasteiger partial charge in [-0.2, -0.15) is 0 Å². The van der Waals surface area contributed by atoms with Crippen molar-refractivity contribution in [2.75, 3.05) is 0 Å². The van der Waals surface area contributed by atoms with Crippen LogP contribution in [-0.4, -0.2) is 21.7 Å². The van der Waals surface area contributed by atoms with Crippen LogP contribution >= 0.6 is 0 Å². The molecule has 4 heteroatoms. The molecule has 4 nitrogen and oxygen atoms in total. The molecule has 0 bridgehead atoms. The summed E-state index contributed by atoms with van der Waals surface area (Å²) in [4.78, 5) is 12.5. The van der Waals surface area contributed by atoms with Crippen LogP contribution in [0, 0.1) is 0 Å². The van der Waals surface area contributed by atoms with Crippen LogP contribution < -0.4 is 5.32 Å². The van der Waals surface area contributed by atoms with E-state index in [1.54, 1.807) is 0 Å². The molecule has 3 rings (SSSR count). The minimum Gasteiger partial charge on any atom is -0.390 e. The van der Waals surface area contributed by atoms with E-state index in [4.69, 9.17) is 0 Å². The molecule has 110 valence electrons. The number of nitrogens with one attached hydrogen (secondary N) is 1. The number of carbonyl (C=O) groups is 1. The van der Waals surface area contributed by atoms with E-state index in [9.17, 15) is 9.90 Å². The standard InChI is InChI=1S/C17H20N2O2/c1-3-14-13(8-9-19(14)2)17(21)18-16-12-7-5-4-6-11(12)10-15(16)20/h4-9,15-16,20H,3,10H2,1-2H3,(H,18,21)/t15-,16+/m1/s1. The molecule has 0 saturated carbocycles. The third-order valence-electron chi connectivity index (χ3n) is 4.27. The number of benzene rings is 1. The van der Waals surface area contributed by atoms with Crippen molar-refractivity contribution in [2.45, 2.75) is 31.9 Å². The van der Waals surface area contributed by atoms with Crippen molar-refractivity contribution in [3.63, 3.8) is 0 Å². The molecular formula is C17H20N2O2. The molecule has 21 heavy (non-hydrogen) atoms. The maximum atomic E-state index is 12.5. The molecule has 1 aliphatic rings. The normalized spacial score (nSPS) is 20.3. The quantitative estimate of drug-likeness (QED) is 0.905. The molecule has 0 fully saturated rings. The van der Waals surface area contributed by atoms with Gasteiger partial charge in [0.05, 0.1) is 17.7 Å². The number of rotatable bonds is 3. The number of aromatic nitrogens is 1. The summed E-state index contributed by atoms with van der Waals surface area (Å²) in [5.41, 5.74) is 3.83. The largest absolute Gasteiger partial charge is 0.390 e. The van der Waals surface area contributed by atoms with Crippen LogP contribution in [-0.2, 0) is 19.9 Å². The number of nitrogens with zero attached hydrogens (tertiary/aromatic N) is 1. The van der Waals surface area contributed by atoms with Gasteiger partial charge in [-0.05, 0) is 23.6 Å². The average molecular weight is 284 g/mol. The molecule has 1 heterocycles. The van der Waals surface area contributed by atoms with Crippen molar-refractivity contribution in [1.82, 2.24) is 9.88 Å². The Labute approximate surface area is 124 Å². The van der Waals surface area contributed by atoms with Crippen LogP contribution in [0.2, 0.25) is 0 Å². The van der Waals surface area contributed by atoms with Crippen molar-refractivity contribution in [2.24, 2.45) is 7.05 Å². The fourth-order valence-corrected chi connectivity index (χ4v) is 3.18. The van der Waals surface area contributed by atoms with E-state index in [1.165, 1.54) is 0 Å². The summed E-state index contributed by atoms with van der Waals surface area (Å²) in [6, 6.07) is 9.39. The van der Waals surface area contributed by atoms with Gasteiger partial charge in [0.2, 0.25) is 0 Å². The number of aliphatic hydroxyl groups excluding tert-OH is 1. The summed E-state index contributed by atoms with van der Waals surface area (Å²) < 4.78 is 1.97. The Bertz CT molecular complexity index is 675. The van der Waals surface area contributed by atoms with Crippen LogP contribution in [0.15, 0.2) is 36.5 Å². The van der Waals surface area contributed by atoms with Gasteiger partial charge < -0.3 is 15.0 Å². The second-order valence-corrected chi connectivity index (χ2v) is 5.56. The first kappa shape index (κ1) is 13.9. The van der Waals surface area contributed by atoms with E-state index in [0.29, 0.717) is 12.0 Å². The second-order valence-electron chi connectivity index (χ2n) is 5.56. The molecule has 0 saturated heterocycles. The molecule has 2 aromatic rings. The summed E-state index contributed by atoms with van der Waals surface area (Å²) in [6.45, 7) is 2.03. The molecule has 1 aromatic heterocycles. The highest BCUT2D eigenvalue weighted by molar-refractivity contribution is 5.95. The Hall–Kier alpha value is -2.07. The predicted octanol–water partition coefficient (Wildman–Crippen LogP) is 1.98. The van der Waals surface area contributed by atoms with E-state index in [1.807, 2.05) is 55.1 Å². The Morgan fingerprint density at radius 2 is 2.14 bits per heavy atom. The van der Waals surface area contributed by atoms with Crippen molar-refractivity contribution in [1.29, 1.82) is 0 Å². The SMILES string of the molecule is CCc1c(C(=O)N[C@H]2c3ccccc3C[C@H]2O)ccn1C. The van der Waals surface area contributed by atoms with Crippen LogP contribution in [0.4, 0.5) is 0 Å².